The molecule has 0 aliphatic carbocycles. The third kappa shape index (κ3) is 24.9. The minimum atomic E-state index is -0.406. The zero-order valence-electron chi connectivity index (χ0n) is 22.6. The van der Waals surface area contributed by atoms with Gasteiger partial charge in [-0.25, -0.2) is 4.79 Å². The van der Waals surface area contributed by atoms with Gasteiger partial charge in [0.1, 0.15) is 5.44 Å². The Kier molecular flexibility index (Phi) is 21.9. The van der Waals surface area contributed by atoms with Gasteiger partial charge in [-0.1, -0.05) is 49.3 Å². The topological polar surface area (TPSA) is 90.1 Å². The predicted octanol–water partition coefficient (Wildman–Crippen LogP) is 4.43. The molecule has 0 radical (unpaired) electrons. The minimum absolute atomic E-state index is 0.0163. The summed E-state index contributed by atoms with van der Waals surface area (Å²) in [5.41, 5.74) is 0.133. The highest BCUT2D eigenvalue weighted by Gasteiger charge is 2.21. The van der Waals surface area contributed by atoms with Crippen LogP contribution in [0.5, 0.6) is 0 Å². The lowest BCUT2D eigenvalue weighted by Gasteiger charge is -2.24. The quantitative estimate of drug-likeness (QED) is 0.102. The smallest absolute Gasteiger partial charge is 0.407 e. The van der Waals surface area contributed by atoms with Crippen LogP contribution >= 0.6 is 21.6 Å². The fourth-order valence-electron chi connectivity index (χ4n) is 2.54. The first-order chi connectivity index (χ1) is 16.1. The second-order valence-electron chi connectivity index (χ2n) is 9.34. The van der Waals surface area contributed by atoms with Gasteiger partial charge in [-0.15, -0.1) is 0 Å². The highest BCUT2D eigenvalue weighted by molar-refractivity contribution is 8.77. The van der Waals surface area contributed by atoms with E-state index in [4.69, 9.17) is 18.9 Å². The molecule has 0 saturated carbocycles. The molecular weight excluding hydrogens is 474 g/mol. The third-order valence-corrected chi connectivity index (χ3v) is 8.12. The van der Waals surface area contributed by atoms with Gasteiger partial charge in [0.15, 0.2) is 0 Å². The van der Waals surface area contributed by atoms with Crippen LogP contribution in [0, 0.1) is 0 Å². The van der Waals surface area contributed by atoms with E-state index in [1.807, 2.05) is 0 Å². The average Bonchev–Trinajstić information content (AvgIpc) is 2.75. The molecule has 0 aliphatic heterocycles. The summed E-state index contributed by atoms with van der Waals surface area (Å²) in [6.45, 7) is 20.6. The molecule has 34 heavy (non-hydrogen) atoms. The standard InChI is InChI=1S/C24H51N3O5S2/c1-20(2)25-11-8-9-14-31-22(5)33-34-24(6,7)10-15-32-23(28)27-13-17-30-19-18-29-16-12-26-21(3)4/h20-22,25-26H,8-19H2,1-7H3,(H,27,28). The van der Waals surface area contributed by atoms with Crippen LogP contribution in [-0.4, -0.2) is 87.6 Å². The molecule has 0 heterocycles. The van der Waals surface area contributed by atoms with Crippen LogP contribution in [0.3, 0.4) is 0 Å². The number of hydrogen-bond acceptors (Lipinski definition) is 9. The van der Waals surface area contributed by atoms with E-state index in [9.17, 15) is 4.79 Å². The molecule has 0 aromatic heterocycles. The first-order valence-electron chi connectivity index (χ1n) is 12.6. The van der Waals surface area contributed by atoms with E-state index >= 15 is 0 Å². The number of rotatable bonds is 23. The van der Waals surface area contributed by atoms with E-state index in [1.54, 1.807) is 21.6 Å². The molecule has 0 saturated heterocycles. The van der Waals surface area contributed by atoms with Crippen LogP contribution in [0.2, 0.25) is 0 Å². The molecule has 8 nitrogen and oxygen atoms in total. The molecule has 0 bridgehead atoms. The van der Waals surface area contributed by atoms with Gasteiger partial charge in [-0.3, -0.25) is 0 Å². The van der Waals surface area contributed by atoms with Crippen molar-refractivity contribution in [1.29, 1.82) is 0 Å². The summed E-state index contributed by atoms with van der Waals surface area (Å²) in [5.74, 6) is 0. The summed E-state index contributed by atoms with van der Waals surface area (Å²) in [6.07, 6.45) is 2.56. The van der Waals surface area contributed by atoms with E-state index in [0.29, 0.717) is 51.7 Å². The molecule has 1 unspecified atom stereocenters. The second kappa shape index (κ2) is 22.0. The lowest BCUT2D eigenvalue weighted by molar-refractivity contribution is 0.0489. The van der Waals surface area contributed by atoms with Crippen LogP contribution in [0.15, 0.2) is 0 Å². The van der Waals surface area contributed by atoms with Gasteiger partial charge in [0.25, 0.3) is 0 Å². The lowest BCUT2D eigenvalue weighted by atomic mass is 10.1. The van der Waals surface area contributed by atoms with Gasteiger partial charge >= 0.3 is 6.09 Å². The van der Waals surface area contributed by atoms with E-state index in [0.717, 1.165) is 39.0 Å². The first kappa shape index (κ1) is 33.8. The number of nitrogens with one attached hydrogen (secondary N) is 3. The minimum Gasteiger partial charge on any atom is -0.450 e. The Labute approximate surface area is 216 Å². The van der Waals surface area contributed by atoms with Crippen LogP contribution in [-0.2, 0) is 18.9 Å². The Morgan fingerprint density at radius 3 is 2.06 bits per heavy atom. The summed E-state index contributed by atoms with van der Waals surface area (Å²) in [6, 6.07) is 1.01. The van der Waals surface area contributed by atoms with Crippen molar-refractivity contribution < 1.29 is 23.7 Å². The molecule has 3 N–H and O–H groups in total. The van der Waals surface area contributed by atoms with Crippen molar-refractivity contribution in [2.45, 2.75) is 90.0 Å². The number of hydrogen-bond donors (Lipinski definition) is 3. The summed E-state index contributed by atoms with van der Waals surface area (Å²) in [7, 11) is 3.51. The number of ether oxygens (including phenoxy) is 4. The van der Waals surface area contributed by atoms with Crippen LogP contribution < -0.4 is 16.0 Å². The van der Waals surface area contributed by atoms with Gasteiger partial charge in [0.2, 0.25) is 0 Å². The number of alkyl carbamates (subject to hydrolysis) is 1. The van der Waals surface area contributed by atoms with Crippen molar-refractivity contribution in [3.05, 3.63) is 0 Å². The highest BCUT2D eigenvalue weighted by atomic mass is 33.1. The molecule has 0 aromatic rings. The van der Waals surface area contributed by atoms with E-state index in [1.165, 1.54) is 0 Å². The zero-order chi connectivity index (χ0) is 25.7. The van der Waals surface area contributed by atoms with E-state index in [2.05, 4.69) is 64.4 Å². The fourth-order valence-corrected chi connectivity index (χ4v) is 4.86. The maximum atomic E-state index is 11.8. The van der Waals surface area contributed by atoms with Crippen molar-refractivity contribution >= 4 is 27.7 Å². The van der Waals surface area contributed by atoms with Crippen molar-refractivity contribution in [2.75, 3.05) is 59.3 Å². The molecule has 0 rings (SSSR count). The molecule has 1 atom stereocenters. The molecule has 1 amide bonds. The number of amides is 1. The molecule has 10 heteroatoms. The van der Waals surface area contributed by atoms with Gasteiger partial charge in [-0.05, 0) is 46.6 Å². The van der Waals surface area contributed by atoms with Gasteiger partial charge in [-0.2, -0.15) is 0 Å². The van der Waals surface area contributed by atoms with Crippen molar-refractivity contribution in [3.8, 4) is 0 Å². The van der Waals surface area contributed by atoms with Gasteiger partial charge < -0.3 is 34.9 Å². The first-order valence-corrected chi connectivity index (χ1v) is 14.8. The lowest BCUT2D eigenvalue weighted by Crippen LogP contribution is -2.30. The van der Waals surface area contributed by atoms with E-state index in [-0.39, 0.29) is 10.2 Å². The van der Waals surface area contributed by atoms with Gasteiger partial charge in [0, 0.05) is 36.5 Å². The molecule has 0 aromatic carbocycles. The molecule has 0 aliphatic rings. The van der Waals surface area contributed by atoms with Crippen molar-refractivity contribution in [2.24, 2.45) is 0 Å². The van der Waals surface area contributed by atoms with Crippen molar-refractivity contribution in [1.82, 2.24) is 16.0 Å². The van der Waals surface area contributed by atoms with Crippen LogP contribution in [0.4, 0.5) is 4.79 Å². The van der Waals surface area contributed by atoms with Gasteiger partial charge in [0.05, 0.1) is 33.0 Å². The molecule has 0 fully saturated rings. The highest BCUT2D eigenvalue weighted by Crippen LogP contribution is 2.40. The summed E-state index contributed by atoms with van der Waals surface area (Å²) in [4.78, 5) is 11.8. The monoisotopic (exact) mass is 525 g/mol. The Hall–Kier alpha value is -0.230. The maximum Gasteiger partial charge on any atom is 0.407 e. The fraction of sp³-hybridized carbons (Fsp3) is 0.958. The largest absolute Gasteiger partial charge is 0.450 e. The van der Waals surface area contributed by atoms with Crippen LogP contribution in [0.1, 0.15) is 67.7 Å². The molecule has 204 valence electrons. The number of carbonyl (C=O) groups excluding carboxylic acids is 1. The Morgan fingerprint density at radius 2 is 1.41 bits per heavy atom. The summed E-state index contributed by atoms with van der Waals surface area (Å²) >= 11 is 0. The SMILES string of the molecule is CC(C)NCCCCOC(C)SSC(C)(C)CCOC(=O)NCCOCCOCCNC(C)C. The van der Waals surface area contributed by atoms with Crippen molar-refractivity contribution in [3.63, 3.8) is 0 Å². The molecular formula is C24H51N3O5S2. The number of unbranched alkanes of at least 4 members (excludes halogenated alkanes) is 1. The Morgan fingerprint density at radius 1 is 0.794 bits per heavy atom. The normalized spacial score (nSPS) is 13.0. The molecule has 0 spiro atoms. The predicted molar refractivity (Wildman–Crippen MR) is 146 cm³/mol. The summed E-state index contributed by atoms with van der Waals surface area (Å²) < 4.78 is 22.1. The maximum absolute atomic E-state index is 11.8. The second-order valence-corrected chi connectivity index (χ2v) is 12.5. The van der Waals surface area contributed by atoms with E-state index < -0.39 is 6.09 Å². The summed E-state index contributed by atoms with van der Waals surface area (Å²) in [5, 5.41) is 9.42. The Balaban J connectivity index is 3.60. The third-order valence-electron chi connectivity index (χ3n) is 4.51. The average molecular weight is 526 g/mol. The number of carbonyl (C=O) groups is 1. The van der Waals surface area contributed by atoms with Crippen LogP contribution in [0.25, 0.3) is 0 Å². The Bertz CT molecular complexity index is 486. The zero-order valence-corrected chi connectivity index (χ0v) is 24.2.